The molecule has 0 spiro atoms. The quantitative estimate of drug-likeness (QED) is 0.817. The Morgan fingerprint density at radius 2 is 2.28 bits per heavy atom. The van der Waals surface area contributed by atoms with Gasteiger partial charge in [0, 0.05) is 37.2 Å². The van der Waals surface area contributed by atoms with Gasteiger partial charge < -0.3 is 14.6 Å². The van der Waals surface area contributed by atoms with Crippen molar-refractivity contribution in [1.29, 1.82) is 0 Å². The summed E-state index contributed by atoms with van der Waals surface area (Å²) in [7, 11) is 0. The Balaban J connectivity index is 1.85. The summed E-state index contributed by atoms with van der Waals surface area (Å²) in [6, 6.07) is 6.05. The minimum atomic E-state index is -0.329. The summed E-state index contributed by atoms with van der Waals surface area (Å²) in [4.78, 5) is 6.38. The second-order valence-corrected chi connectivity index (χ2v) is 4.83. The molecule has 2 aromatic heterocycles. The summed E-state index contributed by atoms with van der Waals surface area (Å²) in [5, 5.41) is 19.0. The minimum Gasteiger partial charge on any atom is -0.395 e. The summed E-state index contributed by atoms with van der Waals surface area (Å²) in [5.74, 6) is 0. The molecule has 5 heteroatoms. The molecule has 0 radical (unpaired) electrons. The van der Waals surface area contributed by atoms with Crippen molar-refractivity contribution in [1.82, 2.24) is 14.3 Å². The highest BCUT2D eigenvalue weighted by Gasteiger charge is 2.30. The van der Waals surface area contributed by atoms with Crippen molar-refractivity contribution in [2.45, 2.75) is 25.1 Å². The van der Waals surface area contributed by atoms with Crippen LogP contribution in [0.15, 0.2) is 30.6 Å². The first kappa shape index (κ1) is 11.6. The third-order valence-corrected chi connectivity index (χ3v) is 3.59. The second-order valence-electron chi connectivity index (χ2n) is 4.83. The molecule has 0 amide bonds. The first-order valence-corrected chi connectivity index (χ1v) is 6.22. The van der Waals surface area contributed by atoms with Crippen molar-refractivity contribution in [2.75, 3.05) is 13.2 Å². The van der Waals surface area contributed by atoms with Crippen LogP contribution in [0.5, 0.6) is 0 Å². The van der Waals surface area contributed by atoms with Crippen molar-refractivity contribution in [3.05, 3.63) is 36.3 Å². The van der Waals surface area contributed by atoms with Gasteiger partial charge in [-0.2, -0.15) is 0 Å². The molecule has 0 bridgehead atoms. The Hall–Kier alpha value is -1.43. The normalized spacial score (nSPS) is 25.0. The van der Waals surface area contributed by atoms with Crippen LogP contribution < -0.4 is 0 Å². The zero-order valence-electron chi connectivity index (χ0n) is 10.1. The number of β-amino-alcohol motifs (C(OH)–C–C–N with tert-alkyl or cyclic N) is 1. The topological polar surface area (TPSA) is 61.0 Å². The number of pyridine rings is 1. The summed E-state index contributed by atoms with van der Waals surface area (Å²) in [5.41, 5.74) is 2.05. The lowest BCUT2D eigenvalue weighted by molar-refractivity contribution is 0.148. The summed E-state index contributed by atoms with van der Waals surface area (Å²) >= 11 is 0. The molecule has 1 fully saturated rings. The summed E-state index contributed by atoms with van der Waals surface area (Å²) in [6.45, 7) is 1.43. The minimum absolute atomic E-state index is 0.0544. The monoisotopic (exact) mass is 247 g/mol. The fourth-order valence-corrected chi connectivity index (χ4v) is 2.68. The SMILES string of the molecule is OC[C@@H]1C[C@@H](O)CN1Cc1cccc2nccn12. The highest BCUT2D eigenvalue weighted by Crippen LogP contribution is 2.20. The highest BCUT2D eigenvalue weighted by atomic mass is 16.3. The number of hydrogen-bond acceptors (Lipinski definition) is 4. The van der Waals surface area contributed by atoms with Gasteiger partial charge in [0.15, 0.2) is 0 Å². The van der Waals surface area contributed by atoms with Crippen LogP contribution in [-0.4, -0.2) is 49.8 Å². The molecule has 1 aliphatic heterocycles. The van der Waals surface area contributed by atoms with Gasteiger partial charge in [-0.25, -0.2) is 4.98 Å². The average Bonchev–Trinajstić information content (AvgIpc) is 2.96. The van der Waals surface area contributed by atoms with Crippen molar-refractivity contribution in [2.24, 2.45) is 0 Å². The Labute approximate surface area is 105 Å². The molecule has 3 rings (SSSR count). The Kier molecular flexibility index (Phi) is 3.03. The number of rotatable bonds is 3. The van der Waals surface area contributed by atoms with E-state index in [9.17, 15) is 10.2 Å². The number of aromatic nitrogens is 2. The van der Waals surface area contributed by atoms with Gasteiger partial charge in [0.25, 0.3) is 0 Å². The zero-order valence-corrected chi connectivity index (χ0v) is 10.1. The van der Waals surface area contributed by atoms with Crippen LogP contribution in [0.2, 0.25) is 0 Å². The highest BCUT2D eigenvalue weighted by molar-refractivity contribution is 5.39. The van der Waals surface area contributed by atoms with Crippen molar-refractivity contribution >= 4 is 5.65 Å². The third kappa shape index (κ3) is 2.01. The van der Waals surface area contributed by atoms with Gasteiger partial charge >= 0.3 is 0 Å². The van der Waals surface area contributed by atoms with Gasteiger partial charge in [-0.15, -0.1) is 0 Å². The van der Waals surface area contributed by atoms with Crippen LogP contribution in [0.4, 0.5) is 0 Å². The van der Waals surface area contributed by atoms with E-state index in [0.29, 0.717) is 13.0 Å². The molecule has 0 unspecified atom stereocenters. The predicted octanol–water partition coefficient (Wildman–Crippen LogP) is 0.262. The fraction of sp³-hybridized carbons (Fsp3) is 0.462. The number of imidazole rings is 1. The van der Waals surface area contributed by atoms with E-state index in [1.807, 2.05) is 28.8 Å². The van der Waals surface area contributed by atoms with Crippen LogP contribution in [-0.2, 0) is 6.54 Å². The van der Waals surface area contributed by atoms with Crippen LogP contribution in [0, 0.1) is 0 Å². The molecule has 2 N–H and O–H groups in total. The molecular weight excluding hydrogens is 230 g/mol. The van der Waals surface area contributed by atoms with Crippen molar-refractivity contribution in [3.63, 3.8) is 0 Å². The number of likely N-dealkylation sites (tertiary alicyclic amines) is 1. The van der Waals surface area contributed by atoms with E-state index in [4.69, 9.17) is 0 Å². The zero-order chi connectivity index (χ0) is 12.5. The Morgan fingerprint density at radius 1 is 1.39 bits per heavy atom. The number of aliphatic hydroxyl groups is 2. The maximum atomic E-state index is 9.68. The maximum absolute atomic E-state index is 9.68. The molecule has 18 heavy (non-hydrogen) atoms. The maximum Gasteiger partial charge on any atom is 0.136 e. The van der Waals surface area contributed by atoms with Gasteiger partial charge in [-0.3, -0.25) is 4.90 Å². The molecule has 1 aliphatic rings. The van der Waals surface area contributed by atoms with E-state index in [2.05, 4.69) is 9.88 Å². The molecule has 2 atom stereocenters. The smallest absolute Gasteiger partial charge is 0.136 e. The molecule has 1 saturated heterocycles. The second kappa shape index (κ2) is 4.68. The van der Waals surface area contributed by atoms with E-state index < -0.39 is 0 Å². The van der Waals surface area contributed by atoms with Crippen LogP contribution >= 0.6 is 0 Å². The Bertz CT molecular complexity index is 540. The van der Waals surface area contributed by atoms with E-state index >= 15 is 0 Å². The third-order valence-electron chi connectivity index (χ3n) is 3.59. The molecule has 2 aromatic rings. The van der Waals surface area contributed by atoms with E-state index in [1.54, 1.807) is 6.20 Å². The lowest BCUT2D eigenvalue weighted by atomic mass is 10.2. The molecule has 5 nitrogen and oxygen atoms in total. The average molecular weight is 247 g/mol. The lowest BCUT2D eigenvalue weighted by Crippen LogP contribution is -2.32. The number of nitrogens with zero attached hydrogens (tertiary/aromatic N) is 3. The largest absolute Gasteiger partial charge is 0.395 e. The predicted molar refractivity (Wildman–Crippen MR) is 67.1 cm³/mol. The molecule has 0 aliphatic carbocycles. The van der Waals surface area contributed by atoms with Crippen LogP contribution in [0.25, 0.3) is 5.65 Å². The van der Waals surface area contributed by atoms with Crippen LogP contribution in [0.1, 0.15) is 12.1 Å². The van der Waals surface area contributed by atoms with Crippen molar-refractivity contribution < 1.29 is 10.2 Å². The lowest BCUT2D eigenvalue weighted by Gasteiger charge is -2.22. The van der Waals surface area contributed by atoms with Gasteiger partial charge in [0.2, 0.25) is 0 Å². The molecule has 3 heterocycles. The standard InChI is InChI=1S/C13H17N3O2/c17-9-11-6-12(18)8-15(11)7-10-2-1-3-13-14-4-5-16(10)13/h1-5,11-12,17-18H,6-9H2/t11-,12+/m0/s1. The fourth-order valence-electron chi connectivity index (χ4n) is 2.68. The molecule has 0 saturated carbocycles. The number of fused-ring (bicyclic) bond motifs is 1. The molecular formula is C13H17N3O2. The van der Waals surface area contributed by atoms with E-state index in [1.165, 1.54) is 0 Å². The number of aliphatic hydroxyl groups excluding tert-OH is 2. The van der Waals surface area contributed by atoms with Gasteiger partial charge in [-0.05, 0) is 18.6 Å². The van der Waals surface area contributed by atoms with Gasteiger partial charge in [-0.1, -0.05) is 6.07 Å². The first-order valence-electron chi connectivity index (χ1n) is 6.22. The van der Waals surface area contributed by atoms with Gasteiger partial charge in [0.1, 0.15) is 5.65 Å². The molecule has 96 valence electrons. The summed E-state index contributed by atoms with van der Waals surface area (Å²) < 4.78 is 2.04. The van der Waals surface area contributed by atoms with Crippen LogP contribution in [0.3, 0.4) is 0 Å². The molecule has 0 aromatic carbocycles. The first-order chi connectivity index (χ1) is 8.78. The van der Waals surface area contributed by atoms with Crippen molar-refractivity contribution in [3.8, 4) is 0 Å². The number of hydrogen-bond donors (Lipinski definition) is 2. The van der Waals surface area contributed by atoms with E-state index in [0.717, 1.165) is 17.9 Å². The summed E-state index contributed by atoms with van der Waals surface area (Å²) in [6.07, 6.45) is 4.03. The van der Waals surface area contributed by atoms with Gasteiger partial charge in [0.05, 0.1) is 12.7 Å². The Morgan fingerprint density at radius 3 is 3.11 bits per heavy atom. The van der Waals surface area contributed by atoms with E-state index in [-0.39, 0.29) is 18.8 Å².